The zero-order valence-corrected chi connectivity index (χ0v) is 51.3. The minimum Gasteiger partial charge on any atom is -0.494 e. The number of hydrogen-bond donors (Lipinski definition) is 7. The lowest BCUT2D eigenvalue weighted by atomic mass is 10.0. The fraction of sp³-hybridized carbons (Fsp3) is 0.300. The minimum atomic E-state index is -1.16. The van der Waals surface area contributed by atoms with Crippen molar-refractivity contribution in [2.75, 3.05) is 60.0 Å². The van der Waals surface area contributed by atoms with Gasteiger partial charge < -0.3 is 55.7 Å². The highest BCUT2D eigenvalue weighted by atomic mass is 35.5. The zero-order chi connectivity index (χ0) is 61.6. The average molecular weight is 1300 g/mol. The number of ether oxygens (including phenoxy) is 4. The Balaban J connectivity index is 0.000000270. The number of alkyl halides is 1. The number of nitrogens with one attached hydrogen (secondary N) is 5. The molecule has 0 fully saturated rings. The standard InChI is InChI=1S/C21H24Cl2N2O4.C20H22Cl2N2O4.C19H18Cl3NO4/c1-24-11-4-12-29-15-9-7-14(8-10-15)13-18(21(27)28-2)25-20(26)19-16(22)5-3-6-17(19)23;1-23-10-3-11-28-14-8-6-13(7-9-14)12-17(20(26)27)24-19(25)18-15(21)4-2-5-16(18)22;20-9-2-10-27-13-7-5-12(6-8-13)11-16(19(25)26)23-18(24)17-14(21)3-1-4-15(17)22/h3,5-10,18,24H,4,11-13H2,1-2H3,(H,25,26);2,4-9,17,23H,3,10-12H2,1H3,(H,24,25)(H,26,27);1,3-8,16H,2,9-11H2,(H,23,24)(H,25,26)/t18-;17-;16-/m000/s1. The average Bonchev–Trinajstić information content (AvgIpc) is 3.61. The highest BCUT2D eigenvalue weighted by molar-refractivity contribution is 6.41. The Hall–Kier alpha value is -6.51. The lowest BCUT2D eigenvalue weighted by molar-refractivity contribution is -0.143. The first-order valence-corrected chi connectivity index (χ1v) is 28.9. The lowest BCUT2D eigenvalue weighted by Gasteiger charge is -2.18. The van der Waals surface area contributed by atoms with Crippen LogP contribution in [0.3, 0.4) is 0 Å². The van der Waals surface area contributed by atoms with Gasteiger partial charge in [0.2, 0.25) is 0 Å². The number of carboxylic acids is 2. The summed E-state index contributed by atoms with van der Waals surface area (Å²) >= 11 is 41.8. The Morgan fingerprint density at radius 2 is 0.702 bits per heavy atom. The smallest absolute Gasteiger partial charge is 0.328 e. The van der Waals surface area contributed by atoms with Crippen molar-refractivity contribution >= 4 is 117 Å². The van der Waals surface area contributed by atoms with Crippen LogP contribution < -0.4 is 40.8 Å². The summed E-state index contributed by atoms with van der Waals surface area (Å²) in [6, 6.07) is 32.4. The number of esters is 1. The number of carbonyl (C=O) groups is 6. The summed E-state index contributed by atoms with van der Waals surface area (Å²) < 4.78 is 21.6. The summed E-state index contributed by atoms with van der Waals surface area (Å²) in [5.41, 5.74) is 2.55. The Labute approximate surface area is 522 Å². The number of amides is 3. The second kappa shape index (κ2) is 37.7. The maximum Gasteiger partial charge on any atom is 0.328 e. The summed E-state index contributed by atoms with van der Waals surface area (Å²) in [5.74, 6) is -2.04. The van der Waals surface area contributed by atoms with Crippen LogP contribution in [0.2, 0.25) is 30.1 Å². The van der Waals surface area contributed by atoms with E-state index in [0.717, 1.165) is 54.8 Å². The van der Waals surface area contributed by atoms with Gasteiger partial charge in [-0.05, 0) is 136 Å². The topological polar surface area (TPSA) is 240 Å². The maximum absolute atomic E-state index is 12.6. The Morgan fingerprint density at radius 1 is 0.429 bits per heavy atom. The van der Waals surface area contributed by atoms with E-state index in [1.807, 2.05) is 38.4 Å². The Bertz CT molecular complexity index is 3030. The highest BCUT2D eigenvalue weighted by Gasteiger charge is 2.27. The van der Waals surface area contributed by atoms with Crippen LogP contribution in [-0.4, -0.2) is 124 Å². The summed E-state index contributed by atoms with van der Waals surface area (Å²) in [5, 5.41) is 33.7. The fourth-order valence-electron chi connectivity index (χ4n) is 7.57. The van der Waals surface area contributed by atoms with Gasteiger partial charge in [-0.1, -0.05) is 124 Å². The molecule has 0 spiro atoms. The number of rotatable bonds is 29. The van der Waals surface area contributed by atoms with Gasteiger partial charge in [0.25, 0.3) is 17.7 Å². The summed E-state index contributed by atoms with van der Waals surface area (Å²) in [4.78, 5) is 72.8. The molecule has 6 aromatic carbocycles. The lowest BCUT2D eigenvalue weighted by Crippen LogP contribution is -2.43. The van der Waals surface area contributed by atoms with E-state index in [2.05, 4.69) is 26.6 Å². The minimum absolute atomic E-state index is 0.0510. The first-order chi connectivity index (χ1) is 40.3. The van der Waals surface area contributed by atoms with Gasteiger partial charge >= 0.3 is 17.9 Å². The van der Waals surface area contributed by atoms with E-state index in [1.165, 1.54) is 31.4 Å². The number of carboxylic acid groups (broad SMARTS) is 2. The van der Waals surface area contributed by atoms with E-state index in [9.17, 15) is 39.0 Å². The van der Waals surface area contributed by atoms with Crippen molar-refractivity contribution in [1.82, 2.24) is 26.6 Å². The molecule has 3 amide bonds. The number of benzene rings is 6. The van der Waals surface area contributed by atoms with Crippen LogP contribution in [0.4, 0.5) is 0 Å². The number of halogens is 7. The van der Waals surface area contributed by atoms with Gasteiger partial charge in [-0.2, -0.15) is 0 Å². The van der Waals surface area contributed by atoms with Crippen molar-refractivity contribution in [2.45, 2.75) is 56.7 Å². The predicted molar refractivity (Wildman–Crippen MR) is 330 cm³/mol. The molecule has 0 aliphatic rings. The van der Waals surface area contributed by atoms with Crippen LogP contribution in [0, 0.1) is 0 Å². The van der Waals surface area contributed by atoms with E-state index in [4.69, 9.17) is 100 Å². The third kappa shape index (κ3) is 23.9. The molecule has 0 heterocycles. The van der Waals surface area contributed by atoms with Crippen molar-refractivity contribution in [3.8, 4) is 17.2 Å². The van der Waals surface area contributed by atoms with Crippen LogP contribution >= 0.6 is 81.2 Å². The quantitative estimate of drug-likeness (QED) is 0.0131. The van der Waals surface area contributed by atoms with Crippen molar-refractivity contribution in [3.05, 3.63) is 191 Å². The molecule has 450 valence electrons. The molecular formula is C60H64Cl7N5O12. The molecule has 17 nitrogen and oxygen atoms in total. The fourth-order valence-corrected chi connectivity index (χ4v) is 9.38. The molecule has 0 radical (unpaired) electrons. The largest absolute Gasteiger partial charge is 0.494 e. The van der Waals surface area contributed by atoms with Crippen molar-refractivity contribution in [1.29, 1.82) is 0 Å². The van der Waals surface area contributed by atoms with Gasteiger partial charge in [0, 0.05) is 25.1 Å². The first-order valence-electron chi connectivity index (χ1n) is 26.1. The first kappa shape index (κ1) is 70.0. The second-order valence-electron chi connectivity index (χ2n) is 18.1. The predicted octanol–water partition coefficient (Wildman–Crippen LogP) is 11.3. The summed E-state index contributed by atoms with van der Waals surface area (Å²) in [6.45, 7) is 3.46. The number of aliphatic carboxylic acids is 2. The van der Waals surface area contributed by atoms with Crippen LogP contribution in [0.25, 0.3) is 0 Å². The Kier molecular flexibility index (Phi) is 31.4. The monoisotopic (exact) mass is 1290 g/mol. The molecule has 6 rings (SSSR count). The molecule has 0 saturated carbocycles. The molecule has 7 N–H and O–H groups in total. The van der Waals surface area contributed by atoms with Crippen LogP contribution in [0.1, 0.15) is 67.0 Å². The van der Waals surface area contributed by atoms with Crippen molar-refractivity contribution in [3.63, 3.8) is 0 Å². The van der Waals surface area contributed by atoms with E-state index >= 15 is 0 Å². The van der Waals surface area contributed by atoms with Gasteiger partial charge in [0.05, 0.1) is 73.8 Å². The number of methoxy groups -OCH3 is 1. The molecular weight excluding hydrogens is 1230 g/mol. The summed E-state index contributed by atoms with van der Waals surface area (Å²) in [6.07, 6.45) is 2.99. The molecule has 0 aromatic heterocycles. The Morgan fingerprint density at radius 3 is 0.964 bits per heavy atom. The molecule has 0 aliphatic carbocycles. The SMILES string of the molecule is CNCCCOc1ccc(C[C@H](NC(=O)c2c(Cl)cccc2Cl)C(=O)O)cc1.CNCCCOc1ccc(C[C@H](NC(=O)c2c(Cl)cccc2Cl)C(=O)OC)cc1.O=C(N[C@@H](Cc1ccc(OCCCCl)cc1)C(=O)O)c1c(Cl)cccc1Cl. The molecule has 0 saturated heterocycles. The molecule has 84 heavy (non-hydrogen) atoms. The van der Waals surface area contributed by atoms with E-state index in [1.54, 1.807) is 78.9 Å². The summed E-state index contributed by atoms with van der Waals surface area (Å²) in [7, 11) is 5.04. The van der Waals surface area contributed by atoms with E-state index in [-0.39, 0.29) is 66.1 Å². The highest BCUT2D eigenvalue weighted by Crippen LogP contribution is 2.27. The van der Waals surface area contributed by atoms with Gasteiger partial charge in [0.1, 0.15) is 35.4 Å². The van der Waals surface area contributed by atoms with Gasteiger partial charge in [-0.3, -0.25) is 14.4 Å². The number of carbonyl (C=O) groups excluding carboxylic acids is 4. The molecule has 0 unspecified atom stereocenters. The second-order valence-corrected chi connectivity index (χ2v) is 20.9. The molecule has 3 atom stereocenters. The van der Waals surface area contributed by atoms with E-state index in [0.29, 0.717) is 37.2 Å². The maximum atomic E-state index is 12.6. The molecule has 24 heteroatoms. The third-order valence-electron chi connectivity index (χ3n) is 11.9. The van der Waals surface area contributed by atoms with Crippen molar-refractivity contribution in [2.24, 2.45) is 0 Å². The zero-order valence-electron chi connectivity index (χ0n) is 46.0. The van der Waals surface area contributed by atoms with Crippen molar-refractivity contribution < 1.29 is 57.9 Å². The van der Waals surface area contributed by atoms with E-state index < -0.39 is 53.8 Å². The third-order valence-corrected chi connectivity index (χ3v) is 14.0. The van der Waals surface area contributed by atoms with Gasteiger partial charge in [-0.25, -0.2) is 14.4 Å². The van der Waals surface area contributed by atoms with Crippen LogP contribution in [0.15, 0.2) is 127 Å². The number of hydrogen-bond acceptors (Lipinski definition) is 12. The molecule has 6 aromatic rings. The molecule has 0 bridgehead atoms. The van der Waals surface area contributed by atoms with Crippen LogP contribution in [-0.2, 0) is 38.4 Å². The van der Waals surface area contributed by atoms with Gasteiger partial charge in [0.15, 0.2) is 0 Å². The molecule has 0 aliphatic heterocycles. The van der Waals surface area contributed by atoms with Crippen LogP contribution in [0.5, 0.6) is 17.2 Å². The van der Waals surface area contributed by atoms with Gasteiger partial charge in [-0.15, -0.1) is 11.6 Å². The normalized spacial score (nSPS) is 11.6.